The summed E-state index contributed by atoms with van der Waals surface area (Å²) < 4.78 is 0. The highest BCUT2D eigenvalue weighted by atomic mass is 15.1. The van der Waals surface area contributed by atoms with Crippen LogP contribution >= 0.6 is 0 Å². The molecule has 10 aromatic rings. The fourth-order valence-electron chi connectivity index (χ4n) is 8.23. The van der Waals surface area contributed by atoms with E-state index in [9.17, 15) is 0 Å². The molecule has 0 N–H and O–H groups in total. The maximum absolute atomic E-state index is 2.43. The molecular weight excluding hydrogens is 687 g/mol. The highest BCUT2D eigenvalue weighted by molar-refractivity contribution is 6.14. The molecule has 0 amide bonds. The average molecular weight is 726 g/mol. The molecule has 0 aliphatic rings. The van der Waals surface area contributed by atoms with Crippen LogP contribution in [0.25, 0.3) is 77.2 Å². The van der Waals surface area contributed by atoms with E-state index < -0.39 is 0 Å². The van der Waals surface area contributed by atoms with Crippen molar-refractivity contribution in [3.8, 4) is 55.6 Å². The Morgan fingerprint density at radius 3 is 1.40 bits per heavy atom. The fraction of sp³-hybridized carbons (Fsp3) is 0. The quantitative estimate of drug-likeness (QED) is 0.141. The zero-order chi connectivity index (χ0) is 38.0. The summed E-state index contributed by atoms with van der Waals surface area (Å²) in [5.74, 6) is 0. The molecule has 0 aromatic heterocycles. The van der Waals surface area contributed by atoms with Gasteiger partial charge in [0.2, 0.25) is 0 Å². The van der Waals surface area contributed by atoms with Crippen molar-refractivity contribution in [1.82, 2.24) is 0 Å². The molecule has 268 valence electrons. The minimum atomic E-state index is 1.10. The van der Waals surface area contributed by atoms with E-state index in [1.165, 1.54) is 71.6 Å². The second-order valence-corrected chi connectivity index (χ2v) is 14.5. The second kappa shape index (κ2) is 15.0. The number of hydrogen-bond donors (Lipinski definition) is 0. The Hall–Kier alpha value is -7.48. The van der Waals surface area contributed by atoms with Gasteiger partial charge in [-0.1, -0.05) is 194 Å². The first-order valence-corrected chi connectivity index (χ1v) is 19.6. The van der Waals surface area contributed by atoms with Crippen molar-refractivity contribution in [3.63, 3.8) is 0 Å². The topological polar surface area (TPSA) is 3.24 Å². The Labute approximate surface area is 334 Å². The number of fused-ring (bicyclic) bond motifs is 3. The SMILES string of the molecule is c1ccc(-c2cccc(-c3ccc(N(c4cccc(-c5ccc(-c6ccccc6)cc5-c5ccccc5)c4)c4cc5ccccc5c5ccccc45)cc3)c2)cc1. The highest BCUT2D eigenvalue weighted by Crippen LogP contribution is 2.44. The van der Waals surface area contributed by atoms with Gasteiger partial charge in [0.05, 0.1) is 5.69 Å². The summed E-state index contributed by atoms with van der Waals surface area (Å²) in [5.41, 5.74) is 15.3. The van der Waals surface area contributed by atoms with Gasteiger partial charge in [-0.3, -0.25) is 0 Å². The largest absolute Gasteiger partial charge is 0.310 e. The zero-order valence-electron chi connectivity index (χ0n) is 31.5. The van der Waals surface area contributed by atoms with E-state index in [0.29, 0.717) is 0 Å². The van der Waals surface area contributed by atoms with Crippen molar-refractivity contribution in [3.05, 3.63) is 237 Å². The van der Waals surface area contributed by atoms with Gasteiger partial charge in [0.15, 0.2) is 0 Å². The summed E-state index contributed by atoms with van der Waals surface area (Å²) in [6, 6.07) is 85.7. The average Bonchev–Trinajstić information content (AvgIpc) is 3.30. The number of nitrogens with zero attached hydrogens (tertiary/aromatic N) is 1. The van der Waals surface area contributed by atoms with Crippen LogP contribution in [0.4, 0.5) is 17.1 Å². The predicted molar refractivity (Wildman–Crippen MR) is 243 cm³/mol. The molecule has 0 aliphatic carbocycles. The summed E-state index contributed by atoms with van der Waals surface area (Å²) in [4.78, 5) is 2.43. The molecular formula is C56H39N. The monoisotopic (exact) mass is 725 g/mol. The van der Waals surface area contributed by atoms with Gasteiger partial charge in [-0.15, -0.1) is 0 Å². The van der Waals surface area contributed by atoms with E-state index in [0.717, 1.165) is 22.6 Å². The zero-order valence-corrected chi connectivity index (χ0v) is 31.5. The molecule has 0 unspecified atom stereocenters. The summed E-state index contributed by atoms with van der Waals surface area (Å²) in [7, 11) is 0. The van der Waals surface area contributed by atoms with Crippen LogP contribution < -0.4 is 4.90 Å². The molecule has 0 saturated heterocycles. The molecule has 10 rings (SSSR count). The number of benzene rings is 10. The van der Waals surface area contributed by atoms with Gasteiger partial charge >= 0.3 is 0 Å². The molecule has 0 radical (unpaired) electrons. The Kier molecular flexibility index (Phi) is 8.95. The third-order valence-electron chi connectivity index (χ3n) is 11.0. The van der Waals surface area contributed by atoms with Crippen LogP contribution in [-0.2, 0) is 0 Å². The molecule has 0 bridgehead atoms. The summed E-state index contributed by atoms with van der Waals surface area (Å²) in [6.07, 6.45) is 0. The van der Waals surface area contributed by atoms with Gasteiger partial charge in [-0.05, 0) is 114 Å². The lowest BCUT2D eigenvalue weighted by molar-refractivity contribution is 1.30. The van der Waals surface area contributed by atoms with E-state index in [1.807, 2.05) is 0 Å². The Morgan fingerprint density at radius 1 is 0.228 bits per heavy atom. The first kappa shape index (κ1) is 34.0. The van der Waals surface area contributed by atoms with E-state index in [4.69, 9.17) is 0 Å². The summed E-state index contributed by atoms with van der Waals surface area (Å²) >= 11 is 0. The van der Waals surface area contributed by atoms with Gasteiger partial charge in [-0.2, -0.15) is 0 Å². The van der Waals surface area contributed by atoms with Crippen molar-refractivity contribution in [2.24, 2.45) is 0 Å². The Bertz CT molecular complexity index is 2990. The van der Waals surface area contributed by atoms with Crippen molar-refractivity contribution < 1.29 is 0 Å². The second-order valence-electron chi connectivity index (χ2n) is 14.5. The van der Waals surface area contributed by atoms with E-state index in [-0.39, 0.29) is 0 Å². The fourth-order valence-corrected chi connectivity index (χ4v) is 8.23. The first-order chi connectivity index (χ1) is 28.3. The lowest BCUT2D eigenvalue weighted by Crippen LogP contribution is -2.11. The van der Waals surface area contributed by atoms with Crippen LogP contribution in [0.5, 0.6) is 0 Å². The van der Waals surface area contributed by atoms with Crippen molar-refractivity contribution in [2.75, 3.05) is 4.90 Å². The van der Waals surface area contributed by atoms with Gasteiger partial charge in [0.1, 0.15) is 0 Å². The molecule has 0 spiro atoms. The van der Waals surface area contributed by atoms with Crippen molar-refractivity contribution in [1.29, 1.82) is 0 Å². The Balaban J connectivity index is 1.14. The lowest BCUT2D eigenvalue weighted by atomic mass is 9.91. The van der Waals surface area contributed by atoms with Crippen LogP contribution in [0.3, 0.4) is 0 Å². The van der Waals surface area contributed by atoms with E-state index >= 15 is 0 Å². The number of hydrogen-bond acceptors (Lipinski definition) is 1. The Morgan fingerprint density at radius 2 is 0.719 bits per heavy atom. The molecule has 1 heteroatoms. The lowest BCUT2D eigenvalue weighted by Gasteiger charge is -2.28. The van der Waals surface area contributed by atoms with Crippen LogP contribution in [0.15, 0.2) is 237 Å². The molecule has 0 heterocycles. The minimum Gasteiger partial charge on any atom is -0.310 e. The van der Waals surface area contributed by atoms with Crippen LogP contribution in [-0.4, -0.2) is 0 Å². The molecule has 0 saturated carbocycles. The van der Waals surface area contributed by atoms with Crippen molar-refractivity contribution in [2.45, 2.75) is 0 Å². The standard InChI is InChI=1S/C56H39N/c1-4-16-40(17-5-1)44-23-14-24-45(36-44)42-30-33-49(34-31-42)57(56-39-48-22-10-11-27-51(48)53-28-12-13-29-54(53)56)50-26-15-25-47(37-50)52-35-32-46(41-18-6-2-7-19-41)38-55(52)43-20-8-3-9-21-43/h1-39H. The van der Waals surface area contributed by atoms with Gasteiger partial charge < -0.3 is 4.90 Å². The van der Waals surface area contributed by atoms with Crippen molar-refractivity contribution >= 4 is 38.6 Å². The molecule has 57 heavy (non-hydrogen) atoms. The van der Waals surface area contributed by atoms with Gasteiger partial charge in [-0.25, -0.2) is 0 Å². The third-order valence-corrected chi connectivity index (χ3v) is 11.0. The highest BCUT2D eigenvalue weighted by Gasteiger charge is 2.19. The first-order valence-electron chi connectivity index (χ1n) is 19.6. The number of rotatable bonds is 8. The summed E-state index contributed by atoms with van der Waals surface area (Å²) in [5, 5.41) is 4.91. The van der Waals surface area contributed by atoms with Crippen LogP contribution in [0, 0.1) is 0 Å². The van der Waals surface area contributed by atoms with Gasteiger partial charge in [0, 0.05) is 16.8 Å². The van der Waals surface area contributed by atoms with E-state index in [1.54, 1.807) is 0 Å². The normalized spacial score (nSPS) is 11.2. The van der Waals surface area contributed by atoms with E-state index in [2.05, 4.69) is 241 Å². The maximum atomic E-state index is 2.43. The minimum absolute atomic E-state index is 1.10. The third kappa shape index (κ3) is 6.66. The molecule has 0 fully saturated rings. The molecule has 0 aliphatic heterocycles. The molecule has 0 atom stereocenters. The molecule has 10 aromatic carbocycles. The maximum Gasteiger partial charge on any atom is 0.0546 e. The van der Waals surface area contributed by atoms with Gasteiger partial charge in [0.25, 0.3) is 0 Å². The smallest absolute Gasteiger partial charge is 0.0546 e. The van der Waals surface area contributed by atoms with Crippen LogP contribution in [0.2, 0.25) is 0 Å². The predicted octanol–water partition coefficient (Wildman–Crippen LogP) is 15.8. The summed E-state index contributed by atoms with van der Waals surface area (Å²) in [6.45, 7) is 0. The van der Waals surface area contributed by atoms with Crippen LogP contribution in [0.1, 0.15) is 0 Å². The number of anilines is 3. The molecule has 1 nitrogen and oxygen atoms in total.